The van der Waals surface area contributed by atoms with Crippen molar-refractivity contribution >= 4 is 21.4 Å². The summed E-state index contributed by atoms with van der Waals surface area (Å²) in [6.07, 6.45) is 1.03. The minimum Gasteiger partial charge on any atom is -0.293 e. The normalized spacial score (nSPS) is 20.2. The van der Waals surface area contributed by atoms with E-state index in [4.69, 9.17) is 0 Å². The lowest BCUT2D eigenvalue weighted by Crippen LogP contribution is -2.61. The standard InChI is InChI=1S/C16H17FN2O2S2/c17-14-3-1-2-4-16(14)23(20,21)19-10-13(11-19)18-7-5-15-12(9-18)6-8-22-15/h1-4,6,8,13H,5,7,9-11H2. The molecule has 122 valence electrons. The van der Waals surface area contributed by atoms with Gasteiger partial charge in [-0.3, -0.25) is 4.90 Å². The predicted molar refractivity (Wildman–Crippen MR) is 87.4 cm³/mol. The van der Waals surface area contributed by atoms with E-state index < -0.39 is 15.8 Å². The molecule has 7 heteroatoms. The quantitative estimate of drug-likeness (QED) is 0.851. The molecule has 0 atom stereocenters. The number of fused-ring (bicyclic) bond motifs is 1. The van der Waals surface area contributed by atoms with E-state index in [2.05, 4.69) is 16.3 Å². The molecule has 0 saturated carbocycles. The van der Waals surface area contributed by atoms with Gasteiger partial charge in [0.15, 0.2) is 0 Å². The van der Waals surface area contributed by atoms with Crippen LogP contribution in [-0.4, -0.2) is 43.3 Å². The van der Waals surface area contributed by atoms with Crippen LogP contribution < -0.4 is 0 Å². The van der Waals surface area contributed by atoms with Crippen LogP contribution in [0.3, 0.4) is 0 Å². The molecule has 1 aromatic heterocycles. The molecule has 0 N–H and O–H groups in total. The van der Waals surface area contributed by atoms with Gasteiger partial charge in [-0.05, 0) is 35.6 Å². The maximum Gasteiger partial charge on any atom is 0.246 e. The summed E-state index contributed by atoms with van der Waals surface area (Å²) in [6.45, 7) is 2.73. The van der Waals surface area contributed by atoms with Crippen molar-refractivity contribution in [1.82, 2.24) is 9.21 Å². The summed E-state index contributed by atoms with van der Waals surface area (Å²) in [6, 6.07) is 7.95. The Morgan fingerprint density at radius 3 is 2.74 bits per heavy atom. The fraction of sp³-hybridized carbons (Fsp3) is 0.375. The number of rotatable bonds is 3. The fourth-order valence-corrected chi connectivity index (χ4v) is 5.69. The Morgan fingerprint density at radius 2 is 1.96 bits per heavy atom. The number of hydrogen-bond donors (Lipinski definition) is 0. The number of benzene rings is 1. The minimum atomic E-state index is -3.72. The molecule has 2 aliphatic heterocycles. The molecule has 4 nitrogen and oxygen atoms in total. The van der Waals surface area contributed by atoms with Crippen molar-refractivity contribution in [2.45, 2.75) is 23.9 Å². The van der Waals surface area contributed by atoms with E-state index in [0.717, 1.165) is 19.5 Å². The molecule has 0 spiro atoms. The van der Waals surface area contributed by atoms with Crippen LogP contribution >= 0.6 is 11.3 Å². The van der Waals surface area contributed by atoms with E-state index in [1.165, 1.54) is 32.9 Å². The Labute approximate surface area is 139 Å². The third kappa shape index (κ3) is 2.61. The second kappa shape index (κ2) is 5.66. The van der Waals surface area contributed by atoms with Crippen LogP contribution in [0.4, 0.5) is 4.39 Å². The van der Waals surface area contributed by atoms with E-state index in [9.17, 15) is 12.8 Å². The highest BCUT2D eigenvalue weighted by atomic mass is 32.2. The number of halogens is 1. The van der Waals surface area contributed by atoms with Crippen molar-refractivity contribution in [3.63, 3.8) is 0 Å². The molecule has 0 unspecified atom stereocenters. The molecule has 0 amide bonds. The van der Waals surface area contributed by atoms with E-state index >= 15 is 0 Å². The highest BCUT2D eigenvalue weighted by Crippen LogP contribution is 2.30. The molecule has 2 aliphatic rings. The summed E-state index contributed by atoms with van der Waals surface area (Å²) in [5, 5.41) is 2.11. The third-order valence-electron chi connectivity index (χ3n) is 4.64. The second-order valence-corrected chi connectivity index (χ2v) is 8.90. The lowest BCUT2D eigenvalue weighted by atomic mass is 10.0. The first-order valence-corrected chi connectivity index (χ1v) is 9.91. The molecule has 3 heterocycles. The molecular formula is C16H17FN2O2S2. The van der Waals surface area contributed by atoms with Gasteiger partial charge in [0.1, 0.15) is 10.7 Å². The van der Waals surface area contributed by atoms with Crippen LogP contribution in [0.5, 0.6) is 0 Å². The van der Waals surface area contributed by atoms with Crippen molar-refractivity contribution in [2.75, 3.05) is 19.6 Å². The topological polar surface area (TPSA) is 40.6 Å². The van der Waals surface area contributed by atoms with E-state index in [0.29, 0.717) is 13.1 Å². The molecule has 4 rings (SSSR count). The predicted octanol–water partition coefficient (Wildman–Crippen LogP) is 2.32. The number of sulfonamides is 1. The van der Waals surface area contributed by atoms with Gasteiger partial charge < -0.3 is 0 Å². The molecule has 2 aromatic rings. The zero-order valence-corrected chi connectivity index (χ0v) is 14.1. The second-order valence-electron chi connectivity index (χ2n) is 6.00. The van der Waals surface area contributed by atoms with Gasteiger partial charge in [-0.1, -0.05) is 12.1 Å². The Kier molecular flexibility index (Phi) is 3.76. The molecule has 0 bridgehead atoms. The zero-order chi connectivity index (χ0) is 16.0. The Bertz CT molecular complexity index is 828. The van der Waals surface area contributed by atoms with Crippen LogP contribution in [0.15, 0.2) is 40.6 Å². The average Bonchev–Trinajstić information content (AvgIpc) is 2.93. The van der Waals surface area contributed by atoms with Crippen molar-refractivity contribution < 1.29 is 12.8 Å². The molecular weight excluding hydrogens is 335 g/mol. The summed E-state index contributed by atoms with van der Waals surface area (Å²) in [4.78, 5) is 3.55. The van der Waals surface area contributed by atoms with Crippen molar-refractivity contribution in [1.29, 1.82) is 0 Å². The van der Waals surface area contributed by atoms with Crippen LogP contribution in [0.25, 0.3) is 0 Å². The molecule has 1 aromatic carbocycles. The van der Waals surface area contributed by atoms with Crippen LogP contribution in [-0.2, 0) is 23.0 Å². The Hall–Kier alpha value is -1.28. The largest absolute Gasteiger partial charge is 0.293 e. The number of thiophene rings is 1. The van der Waals surface area contributed by atoms with Gasteiger partial charge >= 0.3 is 0 Å². The highest BCUT2D eigenvalue weighted by molar-refractivity contribution is 7.89. The summed E-state index contributed by atoms with van der Waals surface area (Å²) in [5.41, 5.74) is 1.36. The Balaban J connectivity index is 1.45. The Morgan fingerprint density at radius 1 is 1.17 bits per heavy atom. The van der Waals surface area contributed by atoms with Gasteiger partial charge in [-0.2, -0.15) is 4.31 Å². The zero-order valence-electron chi connectivity index (χ0n) is 12.5. The number of nitrogens with zero attached hydrogens (tertiary/aromatic N) is 2. The van der Waals surface area contributed by atoms with Crippen LogP contribution in [0.1, 0.15) is 10.4 Å². The third-order valence-corrected chi connectivity index (χ3v) is 7.52. The van der Waals surface area contributed by atoms with E-state index in [-0.39, 0.29) is 10.9 Å². The van der Waals surface area contributed by atoms with E-state index in [1.807, 2.05) is 0 Å². The maximum absolute atomic E-state index is 13.8. The molecule has 23 heavy (non-hydrogen) atoms. The highest BCUT2D eigenvalue weighted by Gasteiger charge is 2.41. The number of hydrogen-bond acceptors (Lipinski definition) is 4. The van der Waals surface area contributed by atoms with Gasteiger partial charge in [0.2, 0.25) is 10.0 Å². The first kappa shape index (κ1) is 15.3. The lowest BCUT2D eigenvalue weighted by molar-refractivity contribution is 0.0773. The maximum atomic E-state index is 13.8. The molecule has 0 aliphatic carbocycles. The van der Waals surface area contributed by atoms with Gasteiger partial charge in [0, 0.05) is 37.1 Å². The fourth-order valence-electron chi connectivity index (χ4n) is 3.22. The van der Waals surface area contributed by atoms with Gasteiger partial charge in [-0.15, -0.1) is 11.3 Å². The molecule has 1 saturated heterocycles. The minimum absolute atomic E-state index is 0.225. The lowest BCUT2D eigenvalue weighted by Gasteiger charge is -2.45. The summed E-state index contributed by atoms with van der Waals surface area (Å²) < 4.78 is 40.1. The first-order valence-electron chi connectivity index (χ1n) is 7.59. The van der Waals surface area contributed by atoms with Gasteiger partial charge in [0.05, 0.1) is 0 Å². The molecule has 0 radical (unpaired) electrons. The van der Waals surface area contributed by atoms with Gasteiger partial charge in [-0.25, -0.2) is 12.8 Å². The SMILES string of the molecule is O=S(=O)(c1ccccc1F)N1CC(N2CCc3sccc3C2)C1. The van der Waals surface area contributed by atoms with Crippen molar-refractivity contribution in [3.8, 4) is 0 Å². The monoisotopic (exact) mass is 352 g/mol. The first-order chi connectivity index (χ1) is 11.1. The van der Waals surface area contributed by atoms with Crippen LogP contribution in [0, 0.1) is 5.82 Å². The van der Waals surface area contributed by atoms with Crippen LogP contribution in [0.2, 0.25) is 0 Å². The van der Waals surface area contributed by atoms with Crippen molar-refractivity contribution in [2.24, 2.45) is 0 Å². The average molecular weight is 352 g/mol. The van der Waals surface area contributed by atoms with E-state index in [1.54, 1.807) is 17.4 Å². The summed E-state index contributed by atoms with van der Waals surface area (Å²) >= 11 is 1.79. The smallest absolute Gasteiger partial charge is 0.246 e. The summed E-state index contributed by atoms with van der Waals surface area (Å²) in [7, 11) is -3.72. The van der Waals surface area contributed by atoms with Gasteiger partial charge in [0.25, 0.3) is 0 Å². The molecule has 1 fully saturated rings. The van der Waals surface area contributed by atoms with Crippen molar-refractivity contribution in [3.05, 3.63) is 52.0 Å². The summed E-state index contributed by atoms with van der Waals surface area (Å²) in [5.74, 6) is -0.683.